The van der Waals surface area contributed by atoms with Crippen LogP contribution in [0.4, 0.5) is 8.78 Å². The zero-order chi connectivity index (χ0) is 9.42. The van der Waals surface area contributed by atoms with Gasteiger partial charge in [-0.25, -0.2) is 8.78 Å². The summed E-state index contributed by atoms with van der Waals surface area (Å²) in [6.07, 6.45) is 0.930. The van der Waals surface area contributed by atoms with Crippen LogP contribution in [0.5, 0.6) is 0 Å². The molecule has 1 aromatic carbocycles. The topological polar surface area (TPSA) is 26.0 Å². The van der Waals surface area contributed by atoms with Gasteiger partial charge in [0.25, 0.3) is 0 Å². The van der Waals surface area contributed by atoms with Crippen molar-refractivity contribution in [3.8, 4) is 0 Å². The minimum atomic E-state index is -0.522. The summed E-state index contributed by atoms with van der Waals surface area (Å²) in [6, 6.07) is 3.75. The van der Waals surface area contributed by atoms with Gasteiger partial charge in [-0.1, -0.05) is 6.07 Å². The van der Waals surface area contributed by atoms with Crippen molar-refractivity contribution in [1.29, 1.82) is 0 Å². The Morgan fingerprint density at radius 2 is 2.15 bits per heavy atom. The van der Waals surface area contributed by atoms with E-state index in [-0.39, 0.29) is 5.92 Å². The summed E-state index contributed by atoms with van der Waals surface area (Å²) < 4.78 is 25.7. The fourth-order valence-electron chi connectivity index (χ4n) is 1.69. The Hall–Kier alpha value is -0.960. The van der Waals surface area contributed by atoms with Crippen LogP contribution in [0.3, 0.4) is 0 Å². The molecule has 0 heterocycles. The molecule has 0 saturated heterocycles. The number of hydrogen-bond acceptors (Lipinski definition) is 1. The molecule has 0 amide bonds. The fraction of sp³-hybridized carbons (Fsp3) is 0.400. The van der Waals surface area contributed by atoms with E-state index < -0.39 is 11.6 Å². The average Bonchev–Trinajstić information content (AvgIpc) is 2.83. The van der Waals surface area contributed by atoms with E-state index in [0.29, 0.717) is 18.0 Å². The van der Waals surface area contributed by atoms with Crippen LogP contribution in [-0.2, 0) is 0 Å². The summed E-state index contributed by atoms with van der Waals surface area (Å²) in [5, 5.41) is 0. The minimum absolute atomic E-state index is 0.214. The van der Waals surface area contributed by atoms with Crippen molar-refractivity contribution >= 4 is 0 Å². The van der Waals surface area contributed by atoms with Gasteiger partial charge in [0, 0.05) is 6.07 Å². The lowest BCUT2D eigenvalue weighted by molar-refractivity contribution is 0.570. The molecular formula is C10H11F2N. The average molecular weight is 183 g/mol. The molecule has 2 atom stereocenters. The van der Waals surface area contributed by atoms with E-state index in [4.69, 9.17) is 5.73 Å². The van der Waals surface area contributed by atoms with Crippen LogP contribution in [0.15, 0.2) is 18.2 Å². The number of hydrogen-bond donors (Lipinski definition) is 1. The first kappa shape index (κ1) is 8.63. The van der Waals surface area contributed by atoms with Crippen LogP contribution in [0.25, 0.3) is 0 Å². The van der Waals surface area contributed by atoms with E-state index in [2.05, 4.69) is 0 Å². The summed E-state index contributed by atoms with van der Waals surface area (Å²) in [6.45, 7) is 0.585. The van der Waals surface area contributed by atoms with Gasteiger partial charge in [-0.3, -0.25) is 0 Å². The van der Waals surface area contributed by atoms with E-state index in [1.165, 1.54) is 12.1 Å². The highest BCUT2D eigenvalue weighted by Gasteiger charge is 2.38. The maximum atomic E-state index is 13.2. The van der Waals surface area contributed by atoms with Crippen molar-refractivity contribution in [3.63, 3.8) is 0 Å². The Balaban J connectivity index is 2.22. The van der Waals surface area contributed by atoms with Crippen molar-refractivity contribution in [2.75, 3.05) is 6.54 Å². The molecule has 0 unspecified atom stereocenters. The molecule has 70 valence electrons. The molecule has 1 aromatic rings. The van der Waals surface area contributed by atoms with Crippen LogP contribution in [0, 0.1) is 17.6 Å². The number of benzene rings is 1. The molecule has 3 heteroatoms. The molecule has 1 saturated carbocycles. The van der Waals surface area contributed by atoms with Crippen molar-refractivity contribution in [1.82, 2.24) is 0 Å². The van der Waals surface area contributed by atoms with Crippen LogP contribution in [0.2, 0.25) is 0 Å². The highest BCUT2D eigenvalue weighted by Crippen LogP contribution is 2.47. The number of rotatable bonds is 2. The maximum Gasteiger partial charge on any atom is 0.129 e. The Morgan fingerprint density at radius 1 is 1.38 bits per heavy atom. The predicted molar refractivity (Wildman–Crippen MR) is 46.3 cm³/mol. The highest BCUT2D eigenvalue weighted by atomic mass is 19.1. The molecule has 0 bridgehead atoms. The molecule has 2 rings (SSSR count). The third-order valence-corrected chi connectivity index (χ3v) is 2.59. The minimum Gasteiger partial charge on any atom is -0.330 e. The molecule has 13 heavy (non-hydrogen) atoms. The first-order chi connectivity index (χ1) is 6.22. The first-order valence-corrected chi connectivity index (χ1v) is 4.37. The van der Waals surface area contributed by atoms with E-state index in [0.717, 1.165) is 12.5 Å². The largest absolute Gasteiger partial charge is 0.330 e. The Labute approximate surface area is 75.6 Å². The molecule has 1 aliphatic carbocycles. The lowest BCUT2D eigenvalue weighted by atomic mass is 10.1. The van der Waals surface area contributed by atoms with Gasteiger partial charge in [-0.15, -0.1) is 0 Å². The van der Waals surface area contributed by atoms with Gasteiger partial charge in [-0.05, 0) is 36.4 Å². The van der Waals surface area contributed by atoms with E-state index in [1.807, 2.05) is 0 Å². The molecule has 1 fully saturated rings. The van der Waals surface area contributed by atoms with Gasteiger partial charge >= 0.3 is 0 Å². The summed E-state index contributed by atoms with van der Waals surface area (Å²) in [4.78, 5) is 0. The summed E-state index contributed by atoms with van der Waals surface area (Å²) >= 11 is 0. The Bertz CT molecular complexity index is 325. The van der Waals surface area contributed by atoms with Gasteiger partial charge in [-0.2, -0.15) is 0 Å². The van der Waals surface area contributed by atoms with Crippen LogP contribution in [0.1, 0.15) is 17.9 Å². The van der Waals surface area contributed by atoms with Crippen molar-refractivity contribution in [2.45, 2.75) is 12.3 Å². The van der Waals surface area contributed by atoms with Gasteiger partial charge in [0.2, 0.25) is 0 Å². The molecular weight excluding hydrogens is 172 g/mol. The van der Waals surface area contributed by atoms with Gasteiger partial charge in [0.1, 0.15) is 11.6 Å². The van der Waals surface area contributed by atoms with Crippen molar-refractivity contribution in [2.24, 2.45) is 11.7 Å². The zero-order valence-electron chi connectivity index (χ0n) is 7.13. The SMILES string of the molecule is NC[C@@H]1C[C@@H]1c1ccc(F)cc1F. The van der Waals surface area contributed by atoms with Crippen LogP contribution >= 0.6 is 0 Å². The van der Waals surface area contributed by atoms with Crippen molar-refractivity contribution < 1.29 is 8.78 Å². The zero-order valence-corrected chi connectivity index (χ0v) is 7.13. The molecule has 0 radical (unpaired) electrons. The Kier molecular flexibility index (Phi) is 2.04. The molecule has 0 spiro atoms. The van der Waals surface area contributed by atoms with E-state index in [9.17, 15) is 8.78 Å². The Morgan fingerprint density at radius 3 is 2.69 bits per heavy atom. The van der Waals surface area contributed by atoms with E-state index >= 15 is 0 Å². The third kappa shape index (κ3) is 1.56. The van der Waals surface area contributed by atoms with Gasteiger partial charge < -0.3 is 5.73 Å². The fourth-order valence-corrected chi connectivity index (χ4v) is 1.69. The maximum absolute atomic E-state index is 13.2. The van der Waals surface area contributed by atoms with Crippen LogP contribution < -0.4 is 5.73 Å². The molecule has 0 aliphatic heterocycles. The lowest BCUT2D eigenvalue weighted by Crippen LogP contribution is -2.02. The quantitative estimate of drug-likeness (QED) is 0.745. The summed E-state index contributed by atoms with van der Waals surface area (Å²) in [5.41, 5.74) is 6.05. The smallest absolute Gasteiger partial charge is 0.129 e. The lowest BCUT2D eigenvalue weighted by Gasteiger charge is -2.00. The first-order valence-electron chi connectivity index (χ1n) is 4.37. The van der Waals surface area contributed by atoms with Gasteiger partial charge in [0.05, 0.1) is 0 Å². The summed E-state index contributed by atoms with van der Waals surface area (Å²) in [5.74, 6) is -0.363. The second-order valence-corrected chi connectivity index (χ2v) is 3.50. The standard InChI is InChI=1S/C10H11F2N/c11-7-1-2-8(10(12)4-7)9-3-6(9)5-13/h1-2,4,6,9H,3,5,13H2/t6-,9-/m0/s1. The normalized spacial score (nSPS) is 26.1. The number of halogens is 2. The number of nitrogens with two attached hydrogens (primary N) is 1. The molecule has 1 aliphatic rings. The molecule has 0 aromatic heterocycles. The van der Waals surface area contributed by atoms with Crippen LogP contribution in [-0.4, -0.2) is 6.54 Å². The van der Waals surface area contributed by atoms with Crippen molar-refractivity contribution in [3.05, 3.63) is 35.4 Å². The molecule has 2 N–H and O–H groups in total. The second-order valence-electron chi connectivity index (χ2n) is 3.50. The second kappa shape index (κ2) is 3.07. The highest BCUT2D eigenvalue weighted by molar-refractivity contribution is 5.28. The van der Waals surface area contributed by atoms with Gasteiger partial charge in [0.15, 0.2) is 0 Å². The monoisotopic (exact) mass is 183 g/mol. The predicted octanol–water partition coefficient (Wildman–Crippen LogP) is 2.03. The van der Waals surface area contributed by atoms with E-state index in [1.54, 1.807) is 0 Å². The third-order valence-electron chi connectivity index (χ3n) is 2.59. The summed E-state index contributed by atoms with van der Waals surface area (Å²) in [7, 11) is 0. The molecule has 1 nitrogen and oxygen atoms in total.